The summed E-state index contributed by atoms with van der Waals surface area (Å²) in [5.41, 5.74) is 5.58. The van der Waals surface area contributed by atoms with Crippen molar-refractivity contribution in [2.24, 2.45) is 5.73 Å². The van der Waals surface area contributed by atoms with Crippen molar-refractivity contribution in [3.05, 3.63) is 0 Å². The fourth-order valence-corrected chi connectivity index (χ4v) is 3.37. The molecule has 1 saturated heterocycles. The van der Waals surface area contributed by atoms with Gasteiger partial charge in [0.1, 0.15) is 0 Å². The second-order valence-corrected chi connectivity index (χ2v) is 4.53. The van der Waals surface area contributed by atoms with Crippen molar-refractivity contribution in [1.82, 2.24) is 3.11 Å². The van der Waals surface area contributed by atoms with Crippen molar-refractivity contribution in [1.29, 1.82) is 0 Å². The van der Waals surface area contributed by atoms with Crippen LogP contribution < -0.4 is 27.2 Å². The Morgan fingerprint density at radius 3 is 3.00 bits per heavy atom. The van der Waals surface area contributed by atoms with Crippen molar-refractivity contribution in [2.75, 3.05) is 18.0 Å². The van der Waals surface area contributed by atoms with E-state index in [4.69, 9.17) is 5.73 Å². The maximum atomic E-state index is 5.58. The summed E-state index contributed by atoms with van der Waals surface area (Å²) in [7, 11) is 0. The van der Waals surface area contributed by atoms with Crippen LogP contribution in [-0.4, -0.2) is 27.2 Å². The van der Waals surface area contributed by atoms with Gasteiger partial charge in [-0.3, -0.25) is 0 Å². The van der Waals surface area contributed by atoms with E-state index in [0.29, 0.717) is 21.5 Å². The Morgan fingerprint density at radius 2 is 2.56 bits per heavy atom. The van der Waals surface area contributed by atoms with Gasteiger partial charge in [-0.15, -0.1) is 0 Å². The molecule has 1 aliphatic heterocycles. The van der Waals surface area contributed by atoms with Crippen LogP contribution in [0.4, 0.5) is 0 Å². The fourth-order valence-electron chi connectivity index (χ4n) is 1.26. The van der Waals surface area contributed by atoms with Gasteiger partial charge in [0, 0.05) is 0 Å². The standard InChI is InChI=1S/C6H14IN2/c1-7-9-4-2-3-6(9)5-8/h6H,2-5,8H2,1H3/q-1/t6-/m1/s1. The average molecular weight is 241 g/mol. The number of hydrogen-bond acceptors (Lipinski definition) is 2. The van der Waals surface area contributed by atoms with Crippen LogP contribution in [0, 0.1) is 0 Å². The van der Waals surface area contributed by atoms with Crippen LogP contribution in [0.15, 0.2) is 0 Å². The van der Waals surface area contributed by atoms with Gasteiger partial charge in [0.2, 0.25) is 0 Å². The van der Waals surface area contributed by atoms with E-state index in [1.54, 1.807) is 0 Å². The number of rotatable bonds is 2. The molecule has 1 aliphatic rings. The molecule has 56 valence electrons. The molecule has 9 heavy (non-hydrogen) atoms. The van der Waals surface area contributed by atoms with Crippen LogP contribution in [0.2, 0.25) is 0 Å². The van der Waals surface area contributed by atoms with Crippen molar-refractivity contribution in [2.45, 2.75) is 18.9 Å². The summed E-state index contributed by atoms with van der Waals surface area (Å²) in [5, 5.41) is 0. The quantitative estimate of drug-likeness (QED) is 0.318. The van der Waals surface area contributed by atoms with Crippen LogP contribution in [-0.2, 0) is 0 Å². The predicted octanol–water partition coefficient (Wildman–Crippen LogP) is -2.96. The van der Waals surface area contributed by atoms with E-state index >= 15 is 0 Å². The Morgan fingerprint density at radius 1 is 1.78 bits per heavy atom. The third-order valence-corrected chi connectivity index (χ3v) is 4.30. The zero-order valence-electron chi connectivity index (χ0n) is 5.81. The molecular formula is C6H14IN2-. The van der Waals surface area contributed by atoms with E-state index < -0.39 is 0 Å². The molecule has 0 aromatic carbocycles. The van der Waals surface area contributed by atoms with Gasteiger partial charge in [-0.2, -0.15) is 0 Å². The van der Waals surface area contributed by atoms with Crippen molar-refractivity contribution < 1.29 is 21.5 Å². The van der Waals surface area contributed by atoms with Crippen LogP contribution >= 0.6 is 0 Å². The van der Waals surface area contributed by atoms with E-state index in [-0.39, 0.29) is 0 Å². The molecule has 1 fully saturated rings. The van der Waals surface area contributed by atoms with Crippen molar-refractivity contribution in [3.63, 3.8) is 0 Å². The van der Waals surface area contributed by atoms with Gasteiger partial charge in [-0.05, 0) is 0 Å². The molecule has 0 aliphatic carbocycles. The summed E-state index contributed by atoms with van der Waals surface area (Å²) >= 11 is 0.311. The number of nitrogens with zero attached hydrogens (tertiary/aromatic N) is 1. The molecule has 0 aromatic rings. The first kappa shape index (κ1) is 7.75. The molecule has 0 unspecified atom stereocenters. The third-order valence-electron chi connectivity index (χ3n) is 1.79. The van der Waals surface area contributed by atoms with Crippen LogP contribution in [0.25, 0.3) is 0 Å². The summed E-state index contributed by atoms with van der Waals surface area (Å²) in [6.45, 7) is 2.18. The van der Waals surface area contributed by atoms with Crippen LogP contribution in [0.3, 0.4) is 0 Å². The first-order valence-corrected chi connectivity index (χ1v) is 6.47. The molecule has 0 saturated carbocycles. The van der Waals surface area contributed by atoms with Crippen molar-refractivity contribution in [3.8, 4) is 0 Å². The van der Waals surface area contributed by atoms with E-state index in [2.05, 4.69) is 8.04 Å². The van der Waals surface area contributed by atoms with Gasteiger partial charge in [-0.1, -0.05) is 0 Å². The Labute approximate surface area is 67.4 Å². The zero-order valence-corrected chi connectivity index (χ0v) is 7.97. The Kier molecular flexibility index (Phi) is 3.21. The molecule has 0 radical (unpaired) electrons. The number of alkyl halides is 1. The first-order chi connectivity index (χ1) is 4.38. The molecule has 1 atom stereocenters. The monoisotopic (exact) mass is 241 g/mol. The SMILES string of the molecule is C[I-]N1CCC[C@@H]1CN. The van der Waals surface area contributed by atoms with Gasteiger partial charge in [-0.25, -0.2) is 0 Å². The second kappa shape index (κ2) is 3.73. The molecular weight excluding hydrogens is 227 g/mol. The van der Waals surface area contributed by atoms with E-state index in [0.717, 1.165) is 12.6 Å². The average Bonchev–Trinajstić information content (AvgIpc) is 2.33. The van der Waals surface area contributed by atoms with E-state index in [9.17, 15) is 0 Å². The zero-order chi connectivity index (χ0) is 6.69. The van der Waals surface area contributed by atoms with Gasteiger partial charge >= 0.3 is 67.2 Å². The van der Waals surface area contributed by atoms with Gasteiger partial charge in [0.25, 0.3) is 0 Å². The number of nitrogens with two attached hydrogens (primary N) is 1. The maximum absolute atomic E-state index is 5.58. The fraction of sp³-hybridized carbons (Fsp3) is 1.00. The molecule has 0 bridgehead atoms. The predicted molar refractivity (Wildman–Crippen MR) is 34.7 cm³/mol. The molecule has 0 aromatic heterocycles. The Hall–Kier alpha value is 0.650. The van der Waals surface area contributed by atoms with E-state index in [1.165, 1.54) is 19.4 Å². The summed E-state index contributed by atoms with van der Waals surface area (Å²) < 4.78 is 2.57. The molecule has 1 heterocycles. The molecule has 1 rings (SSSR count). The molecule has 2 nitrogen and oxygen atoms in total. The summed E-state index contributed by atoms with van der Waals surface area (Å²) in [6, 6.07) is 0.739. The Balaban J connectivity index is 2.32. The molecule has 2 N–H and O–H groups in total. The topological polar surface area (TPSA) is 29.3 Å². The van der Waals surface area contributed by atoms with Crippen molar-refractivity contribution >= 4 is 0 Å². The van der Waals surface area contributed by atoms with E-state index in [1.807, 2.05) is 0 Å². The minimum absolute atomic E-state index is 0.311. The number of hydrogen-bond donors (Lipinski definition) is 1. The van der Waals surface area contributed by atoms with Crippen LogP contribution in [0.5, 0.6) is 0 Å². The second-order valence-electron chi connectivity index (χ2n) is 2.32. The third kappa shape index (κ3) is 1.78. The van der Waals surface area contributed by atoms with Crippen LogP contribution in [0.1, 0.15) is 12.8 Å². The molecule has 3 heteroatoms. The molecule has 0 amide bonds. The molecule has 0 spiro atoms. The first-order valence-electron chi connectivity index (χ1n) is 3.35. The van der Waals surface area contributed by atoms with Gasteiger partial charge < -0.3 is 0 Å². The summed E-state index contributed by atoms with van der Waals surface area (Å²) in [5.74, 6) is 0. The van der Waals surface area contributed by atoms with Gasteiger partial charge in [0.15, 0.2) is 0 Å². The summed E-state index contributed by atoms with van der Waals surface area (Å²) in [6.07, 6.45) is 2.71. The normalized spacial score (nSPS) is 29.8. The van der Waals surface area contributed by atoms with Gasteiger partial charge in [0.05, 0.1) is 0 Å². The minimum atomic E-state index is 0.311. The summed E-state index contributed by atoms with van der Waals surface area (Å²) in [4.78, 5) is 2.31. The number of halogens is 1. The Bertz CT molecular complexity index is 77.1.